The van der Waals surface area contributed by atoms with Gasteiger partial charge in [-0.15, -0.1) is 0 Å². The van der Waals surface area contributed by atoms with E-state index in [1.54, 1.807) is 17.2 Å². The molecule has 1 aliphatic heterocycles. The number of nitrogens with one attached hydrogen (secondary N) is 2. The van der Waals surface area contributed by atoms with Crippen molar-refractivity contribution in [2.24, 2.45) is 5.41 Å². The summed E-state index contributed by atoms with van der Waals surface area (Å²) in [5.41, 5.74) is 0.418. The largest absolute Gasteiger partial charge is 0.478 e. The van der Waals surface area contributed by atoms with Gasteiger partial charge in [0.2, 0.25) is 5.91 Å². The monoisotopic (exact) mass is 353 g/mol. The van der Waals surface area contributed by atoms with E-state index in [4.69, 9.17) is 0 Å². The smallest absolute Gasteiger partial charge is 0.339 e. The standard InChI is InChI=1S/C18H19N5O3/c19-10-18(4-5-18)17(26)23-7-1-2-11(9-23)22-14-12-3-6-20-15(12)21-8-13(14)16(24)25/h3,6,8,11H,1-2,4-5,7,9H2,(H,24,25)(H2,20,21,22). The first kappa shape index (κ1) is 16.4. The van der Waals surface area contributed by atoms with Gasteiger partial charge < -0.3 is 20.3 Å². The second-order valence-corrected chi connectivity index (χ2v) is 7.02. The predicted molar refractivity (Wildman–Crippen MR) is 93.6 cm³/mol. The number of carbonyl (C=O) groups excluding carboxylic acids is 1. The van der Waals surface area contributed by atoms with Crippen LogP contribution in [0.3, 0.4) is 0 Å². The van der Waals surface area contributed by atoms with E-state index in [-0.39, 0.29) is 17.5 Å². The molecule has 0 aromatic carbocycles. The molecule has 1 unspecified atom stereocenters. The van der Waals surface area contributed by atoms with Crippen molar-refractivity contribution in [2.45, 2.75) is 31.7 Å². The van der Waals surface area contributed by atoms with E-state index in [2.05, 4.69) is 21.4 Å². The Morgan fingerprint density at radius 1 is 1.46 bits per heavy atom. The van der Waals surface area contributed by atoms with Crippen LogP contribution in [0.25, 0.3) is 11.0 Å². The Balaban J connectivity index is 1.58. The molecule has 1 saturated heterocycles. The van der Waals surface area contributed by atoms with Crippen molar-refractivity contribution in [1.29, 1.82) is 5.26 Å². The third kappa shape index (κ3) is 2.65. The lowest BCUT2D eigenvalue weighted by Crippen LogP contribution is -2.47. The van der Waals surface area contributed by atoms with Crippen LogP contribution >= 0.6 is 0 Å². The van der Waals surface area contributed by atoms with E-state index in [9.17, 15) is 20.0 Å². The van der Waals surface area contributed by atoms with Crippen molar-refractivity contribution in [3.05, 3.63) is 24.0 Å². The number of rotatable bonds is 4. The molecule has 0 bridgehead atoms. The summed E-state index contributed by atoms with van der Waals surface area (Å²) < 4.78 is 0. The maximum Gasteiger partial charge on any atom is 0.339 e. The van der Waals surface area contributed by atoms with Crippen LogP contribution in [0.1, 0.15) is 36.0 Å². The number of piperidine rings is 1. The third-order valence-electron chi connectivity index (χ3n) is 5.25. The number of nitrogens with zero attached hydrogens (tertiary/aromatic N) is 3. The molecule has 3 N–H and O–H groups in total. The zero-order valence-corrected chi connectivity index (χ0v) is 14.2. The Morgan fingerprint density at radius 2 is 2.27 bits per heavy atom. The average Bonchev–Trinajstić information content (AvgIpc) is 3.30. The molecule has 0 radical (unpaired) electrons. The van der Waals surface area contributed by atoms with E-state index in [1.807, 2.05) is 0 Å². The molecule has 2 aromatic rings. The Morgan fingerprint density at radius 3 is 2.96 bits per heavy atom. The second kappa shape index (κ2) is 6.02. The van der Waals surface area contributed by atoms with Crippen molar-refractivity contribution in [3.63, 3.8) is 0 Å². The number of aromatic nitrogens is 2. The highest BCUT2D eigenvalue weighted by molar-refractivity contribution is 6.03. The van der Waals surface area contributed by atoms with Crippen molar-refractivity contribution >= 4 is 28.6 Å². The summed E-state index contributed by atoms with van der Waals surface area (Å²) in [7, 11) is 0. The maximum atomic E-state index is 12.6. The van der Waals surface area contributed by atoms with Gasteiger partial charge in [0.15, 0.2) is 0 Å². The number of carboxylic acids is 1. The highest BCUT2D eigenvalue weighted by Gasteiger charge is 2.53. The van der Waals surface area contributed by atoms with Gasteiger partial charge in [-0.2, -0.15) is 5.26 Å². The van der Waals surface area contributed by atoms with Gasteiger partial charge in [-0.05, 0) is 31.7 Å². The number of pyridine rings is 1. The van der Waals surface area contributed by atoms with Gasteiger partial charge in [-0.3, -0.25) is 4.79 Å². The molecule has 2 aliphatic rings. The second-order valence-electron chi connectivity index (χ2n) is 7.02. The van der Waals surface area contributed by atoms with Crippen LogP contribution < -0.4 is 5.32 Å². The number of nitriles is 1. The topological polar surface area (TPSA) is 122 Å². The molecule has 134 valence electrons. The predicted octanol–water partition coefficient (Wildman–Crippen LogP) is 1.97. The molecule has 26 heavy (non-hydrogen) atoms. The normalized spacial score (nSPS) is 21.2. The van der Waals surface area contributed by atoms with Gasteiger partial charge in [0, 0.05) is 36.9 Å². The fraction of sp³-hybridized carbons (Fsp3) is 0.444. The first-order valence-electron chi connectivity index (χ1n) is 8.70. The average molecular weight is 353 g/mol. The van der Waals surface area contributed by atoms with Crippen LogP contribution in [0, 0.1) is 16.7 Å². The summed E-state index contributed by atoms with van der Waals surface area (Å²) >= 11 is 0. The molecule has 4 rings (SSSR count). The number of hydrogen-bond donors (Lipinski definition) is 3. The summed E-state index contributed by atoms with van der Waals surface area (Å²) in [5.74, 6) is -1.14. The molecule has 1 aliphatic carbocycles. The molecular formula is C18H19N5O3. The molecule has 1 amide bonds. The molecule has 2 aromatic heterocycles. The summed E-state index contributed by atoms with van der Waals surface area (Å²) in [6.45, 7) is 1.11. The molecule has 1 atom stereocenters. The lowest BCUT2D eigenvalue weighted by Gasteiger charge is -2.35. The van der Waals surface area contributed by atoms with Crippen molar-refractivity contribution in [2.75, 3.05) is 18.4 Å². The molecule has 8 heteroatoms. The molecule has 2 fully saturated rings. The molecular weight excluding hydrogens is 334 g/mol. The van der Waals surface area contributed by atoms with Gasteiger partial charge in [-0.1, -0.05) is 0 Å². The van der Waals surface area contributed by atoms with Crippen LogP contribution in [-0.4, -0.2) is 51.0 Å². The van der Waals surface area contributed by atoms with E-state index in [1.165, 1.54) is 6.20 Å². The fourth-order valence-corrected chi connectivity index (χ4v) is 3.61. The number of fused-ring (bicyclic) bond motifs is 1. The molecule has 8 nitrogen and oxygen atoms in total. The van der Waals surface area contributed by atoms with E-state index in [0.29, 0.717) is 42.7 Å². The number of aromatic amines is 1. The number of aromatic carboxylic acids is 1. The lowest BCUT2D eigenvalue weighted by molar-refractivity contribution is -0.136. The minimum Gasteiger partial charge on any atom is -0.478 e. The molecule has 0 spiro atoms. The summed E-state index contributed by atoms with van der Waals surface area (Å²) in [6.07, 6.45) is 5.97. The van der Waals surface area contributed by atoms with Gasteiger partial charge in [0.25, 0.3) is 0 Å². The lowest BCUT2D eigenvalue weighted by atomic mass is 10.0. The highest BCUT2D eigenvalue weighted by atomic mass is 16.4. The number of likely N-dealkylation sites (tertiary alicyclic amines) is 1. The Bertz CT molecular complexity index is 925. The van der Waals surface area contributed by atoms with Crippen LogP contribution in [-0.2, 0) is 4.79 Å². The van der Waals surface area contributed by atoms with Gasteiger partial charge >= 0.3 is 5.97 Å². The SMILES string of the molecule is N#CC1(C(=O)N2CCCC(Nc3c(C(=O)O)cnc4[nH]ccc34)C2)CC1. The minimum absolute atomic E-state index is 0.0687. The quantitative estimate of drug-likeness (QED) is 0.772. The van der Waals surface area contributed by atoms with E-state index >= 15 is 0 Å². The van der Waals surface area contributed by atoms with E-state index < -0.39 is 11.4 Å². The number of carboxylic acid groups (broad SMARTS) is 1. The van der Waals surface area contributed by atoms with Gasteiger partial charge in [0.1, 0.15) is 16.6 Å². The first-order valence-corrected chi connectivity index (χ1v) is 8.70. The molecule has 1 saturated carbocycles. The van der Waals surface area contributed by atoms with Crippen LogP contribution in [0.5, 0.6) is 0 Å². The Hall–Kier alpha value is -3.08. The minimum atomic E-state index is -1.05. The van der Waals surface area contributed by atoms with Crippen molar-refractivity contribution in [3.8, 4) is 6.07 Å². The Kier molecular flexibility index (Phi) is 3.80. The zero-order valence-electron chi connectivity index (χ0n) is 14.2. The first-order chi connectivity index (χ1) is 12.5. The van der Waals surface area contributed by atoms with Crippen LogP contribution in [0.15, 0.2) is 18.5 Å². The Labute approximate surface area is 149 Å². The number of hydrogen-bond acceptors (Lipinski definition) is 5. The number of carbonyl (C=O) groups is 2. The van der Waals surface area contributed by atoms with Crippen molar-refractivity contribution < 1.29 is 14.7 Å². The maximum absolute atomic E-state index is 12.6. The fourth-order valence-electron chi connectivity index (χ4n) is 3.61. The van der Waals surface area contributed by atoms with Crippen LogP contribution in [0.4, 0.5) is 5.69 Å². The van der Waals surface area contributed by atoms with E-state index in [0.717, 1.165) is 12.8 Å². The van der Waals surface area contributed by atoms with Crippen LogP contribution in [0.2, 0.25) is 0 Å². The zero-order chi connectivity index (χ0) is 18.3. The number of amides is 1. The summed E-state index contributed by atoms with van der Waals surface area (Å²) in [4.78, 5) is 33.1. The molecule has 3 heterocycles. The summed E-state index contributed by atoms with van der Waals surface area (Å²) in [6, 6.07) is 3.88. The summed E-state index contributed by atoms with van der Waals surface area (Å²) in [5, 5.41) is 22.8. The van der Waals surface area contributed by atoms with Gasteiger partial charge in [-0.25, -0.2) is 9.78 Å². The third-order valence-corrected chi connectivity index (χ3v) is 5.25. The van der Waals surface area contributed by atoms with Gasteiger partial charge in [0.05, 0.1) is 11.8 Å². The highest BCUT2D eigenvalue weighted by Crippen LogP contribution is 2.46. The number of anilines is 1. The number of H-pyrrole nitrogens is 1. The van der Waals surface area contributed by atoms with Crippen molar-refractivity contribution in [1.82, 2.24) is 14.9 Å².